The molecule has 202 valence electrons. The van der Waals surface area contributed by atoms with Crippen molar-refractivity contribution in [2.75, 3.05) is 51.5 Å². The van der Waals surface area contributed by atoms with Gasteiger partial charge >= 0.3 is 6.03 Å². The molecule has 5 rings (SSSR count). The SMILES string of the molecule is CCN1CCN(C(=O)N2CC=C(c3coc4c(O[C@H](C)c5c(Cl)ccc(F)c5Cl)c(N)ncc34)CC2)CC1. The number of fused-ring (bicyclic) bond motifs is 1. The molecule has 1 fully saturated rings. The van der Waals surface area contributed by atoms with E-state index in [2.05, 4.69) is 22.9 Å². The number of ether oxygens (including phenoxy) is 1. The van der Waals surface area contributed by atoms with Crippen LogP contribution in [0.3, 0.4) is 0 Å². The van der Waals surface area contributed by atoms with Crippen LogP contribution in [0.2, 0.25) is 10.0 Å². The molecule has 2 aliphatic rings. The molecule has 2 aliphatic heterocycles. The number of furan rings is 1. The molecule has 2 aromatic heterocycles. The van der Waals surface area contributed by atoms with E-state index in [-0.39, 0.29) is 27.6 Å². The van der Waals surface area contributed by atoms with E-state index in [1.165, 1.54) is 12.1 Å². The maximum Gasteiger partial charge on any atom is 0.320 e. The van der Waals surface area contributed by atoms with Crippen molar-refractivity contribution >= 4 is 51.6 Å². The molecule has 0 bridgehead atoms. The van der Waals surface area contributed by atoms with Crippen LogP contribution in [0.5, 0.6) is 5.75 Å². The number of carbonyl (C=O) groups excluding carboxylic acids is 1. The highest BCUT2D eigenvalue weighted by Gasteiger charge is 2.28. The highest BCUT2D eigenvalue weighted by molar-refractivity contribution is 6.36. The Morgan fingerprint density at radius 1 is 1.21 bits per heavy atom. The minimum absolute atomic E-state index is 0.0851. The summed E-state index contributed by atoms with van der Waals surface area (Å²) in [5, 5.41) is 0.906. The molecule has 11 heteroatoms. The van der Waals surface area contributed by atoms with Gasteiger partial charge in [-0.05, 0) is 37.6 Å². The molecule has 3 aromatic rings. The Morgan fingerprint density at radius 3 is 2.66 bits per heavy atom. The number of carbonyl (C=O) groups is 1. The Kier molecular flexibility index (Phi) is 7.70. The third-order valence-electron chi connectivity index (χ3n) is 7.30. The fraction of sp³-hybridized carbons (Fsp3) is 0.407. The minimum atomic E-state index is -0.721. The molecular weight excluding hydrogens is 532 g/mol. The number of amides is 2. The Bertz CT molecular complexity index is 1390. The average molecular weight is 562 g/mol. The smallest absolute Gasteiger partial charge is 0.320 e. The molecule has 2 N–H and O–H groups in total. The summed E-state index contributed by atoms with van der Waals surface area (Å²) in [4.78, 5) is 23.5. The Hall–Kier alpha value is -3.01. The van der Waals surface area contributed by atoms with Crippen LogP contribution in [0, 0.1) is 5.82 Å². The molecule has 1 atom stereocenters. The first kappa shape index (κ1) is 26.6. The van der Waals surface area contributed by atoms with Gasteiger partial charge in [-0.25, -0.2) is 14.2 Å². The second-order valence-electron chi connectivity index (χ2n) is 9.51. The predicted molar refractivity (Wildman–Crippen MR) is 147 cm³/mol. The first-order valence-electron chi connectivity index (χ1n) is 12.7. The number of aromatic nitrogens is 1. The number of nitrogens with two attached hydrogens (primary N) is 1. The maximum absolute atomic E-state index is 14.1. The summed E-state index contributed by atoms with van der Waals surface area (Å²) < 4.78 is 26.1. The fourth-order valence-corrected chi connectivity index (χ4v) is 5.71. The van der Waals surface area contributed by atoms with Crippen molar-refractivity contribution in [2.24, 2.45) is 0 Å². The topological polar surface area (TPSA) is 88.1 Å². The quantitative estimate of drug-likeness (QED) is 0.393. The Labute approximate surface area is 230 Å². The van der Waals surface area contributed by atoms with Gasteiger partial charge in [0.1, 0.15) is 11.9 Å². The number of nitrogen functional groups attached to an aromatic ring is 1. The van der Waals surface area contributed by atoms with Crippen molar-refractivity contribution in [3.63, 3.8) is 0 Å². The third kappa shape index (κ3) is 5.02. The van der Waals surface area contributed by atoms with Crippen LogP contribution < -0.4 is 10.5 Å². The summed E-state index contributed by atoms with van der Waals surface area (Å²) in [6, 6.07) is 2.72. The maximum atomic E-state index is 14.1. The molecule has 8 nitrogen and oxygen atoms in total. The predicted octanol–water partition coefficient (Wildman–Crippen LogP) is 5.84. The minimum Gasteiger partial charge on any atom is -0.478 e. The number of rotatable bonds is 5. The standard InChI is InChI=1S/C27H30Cl2FN5O3/c1-3-33-10-12-35(13-11-33)27(36)34-8-6-17(7-9-34)19-15-37-24-18(19)14-32-26(31)25(24)38-16(2)22-20(28)4-5-21(30)23(22)29/h4-6,14-16H,3,7-13H2,1-2H3,(H2,31,32)/t16-/m1/s1. The second-order valence-corrected chi connectivity index (χ2v) is 10.3. The highest BCUT2D eigenvalue weighted by Crippen LogP contribution is 2.41. The number of piperazine rings is 1. The van der Waals surface area contributed by atoms with Crippen LogP contribution in [0.4, 0.5) is 15.0 Å². The molecule has 0 unspecified atom stereocenters. The van der Waals surface area contributed by atoms with E-state index in [9.17, 15) is 9.18 Å². The van der Waals surface area contributed by atoms with E-state index in [0.717, 1.165) is 49.2 Å². The van der Waals surface area contributed by atoms with Crippen molar-refractivity contribution in [3.8, 4) is 5.75 Å². The lowest BCUT2D eigenvalue weighted by molar-refractivity contribution is 0.117. The van der Waals surface area contributed by atoms with Crippen LogP contribution in [-0.4, -0.2) is 71.5 Å². The van der Waals surface area contributed by atoms with E-state index in [1.807, 2.05) is 9.80 Å². The summed E-state index contributed by atoms with van der Waals surface area (Å²) in [5.74, 6) is -0.227. The molecule has 0 aliphatic carbocycles. The van der Waals surface area contributed by atoms with Crippen molar-refractivity contribution < 1.29 is 18.3 Å². The number of halogens is 3. The van der Waals surface area contributed by atoms with Crippen LogP contribution in [0.1, 0.15) is 37.5 Å². The van der Waals surface area contributed by atoms with Crippen LogP contribution in [-0.2, 0) is 0 Å². The molecule has 1 saturated heterocycles. The van der Waals surface area contributed by atoms with Crippen molar-refractivity contribution in [3.05, 3.63) is 57.7 Å². The molecule has 0 saturated carbocycles. The molecule has 0 spiro atoms. The molecule has 1 aromatic carbocycles. The lowest BCUT2D eigenvalue weighted by atomic mass is 9.99. The lowest BCUT2D eigenvalue weighted by Crippen LogP contribution is -2.53. The van der Waals surface area contributed by atoms with Gasteiger partial charge in [-0.1, -0.05) is 36.2 Å². The molecular formula is C27H30Cl2FN5O3. The highest BCUT2D eigenvalue weighted by atomic mass is 35.5. The van der Waals surface area contributed by atoms with Gasteiger partial charge in [0.2, 0.25) is 5.75 Å². The van der Waals surface area contributed by atoms with E-state index in [4.69, 9.17) is 38.1 Å². The summed E-state index contributed by atoms with van der Waals surface area (Å²) in [6.07, 6.45) is 5.32. The van der Waals surface area contributed by atoms with E-state index >= 15 is 0 Å². The fourth-order valence-electron chi connectivity index (χ4n) is 5.04. The van der Waals surface area contributed by atoms with Crippen molar-refractivity contribution in [2.45, 2.75) is 26.4 Å². The van der Waals surface area contributed by atoms with Crippen molar-refractivity contribution in [1.29, 1.82) is 0 Å². The zero-order valence-electron chi connectivity index (χ0n) is 21.3. The number of urea groups is 1. The molecule has 38 heavy (non-hydrogen) atoms. The van der Waals surface area contributed by atoms with Gasteiger partial charge in [0.25, 0.3) is 0 Å². The second kappa shape index (κ2) is 11.0. The number of likely N-dealkylation sites (N-methyl/N-ethyl adjacent to an activating group) is 1. The monoisotopic (exact) mass is 561 g/mol. The molecule has 4 heterocycles. The number of hydrogen-bond donors (Lipinski definition) is 1. The first-order chi connectivity index (χ1) is 18.3. The molecule has 0 radical (unpaired) electrons. The van der Waals surface area contributed by atoms with E-state index in [1.54, 1.807) is 19.4 Å². The van der Waals surface area contributed by atoms with Crippen LogP contribution in [0.25, 0.3) is 16.5 Å². The number of hydrogen-bond acceptors (Lipinski definition) is 6. The van der Waals surface area contributed by atoms with Gasteiger partial charge in [-0.15, -0.1) is 0 Å². The number of anilines is 1. The van der Waals surface area contributed by atoms with Gasteiger partial charge in [-0.2, -0.15) is 0 Å². The summed E-state index contributed by atoms with van der Waals surface area (Å²) >= 11 is 12.5. The van der Waals surface area contributed by atoms with E-state index in [0.29, 0.717) is 30.7 Å². The Morgan fingerprint density at radius 2 is 1.97 bits per heavy atom. The van der Waals surface area contributed by atoms with Gasteiger partial charge < -0.3 is 29.6 Å². The number of benzene rings is 1. The van der Waals surface area contributed by atoms with Crippen LogP contribution >= 0.6 is 23.2 Å². The average Bonchev–Trinajstić information content (AvgIpc) is 3.37. The third-order valence-corrected chi connectivity index (χ3v) is 8.01. The largest absolute Gasteiger partial charge is 0.478 e. The van der Waals surface area contributed by atoms with Gasteiger partial charge in [-0.3, -0.25) is 0 Å². The first-order valence-corrected chi connectivity index (χ1v) is 13.4. The van der Waals surface area contributed by atoms with Gasteiger partial charge in [0.05, 0.1) is 16.7 Å². The van der Waals surface area contributed by atoms with Gasteiger partial charge in [0.15, 0.2) is 11.4 Å². The normalized spacial score (nSPS) is 17.6. The zero-order chi connectivity index (χ0) is 27.0. The Balaban J connectivity index is 1.34. The van der Waals surface area contributed by atoms with Crippen molar-refractivity contribution in [1.82, 2.24) is 19.7 Å². The summed E-state index contributed by atoms with van der Waals surface area (Å²) in [5.41, 5.74) is 8.81. The number of nitrogens with zero attached hydrogens (tertiary/aromatic N) is 4. The zero-order valence-corrected chi connectivity index (χ0v) is 22.9. The molecule has 2 amide bonds. The summed E-state index contributed by atoms with van der Waals surface area (Å²) in [7, 11) is 0. The lowest BCUT2D eigenvalue weighted by Gasteiger charge is -2.38. The van der Waals surface area contributed by atoms with Gasteiger partial charge in [0, 0.05) is 61.6 Å². The van der Waals surface area contributed by atoms with Crippen LogP contribution in [0.15, 0.2) is 35.1 Å². The number of pyridine rings is 1. The summed E-state index contributed by atoms with van der Waals surface area (Å²) in [6.45, 7) is 9.33. The van der Waals surface area contributed by atoms with E-state index < -0.39 is 11.9 Å².